The molecule has 2 aliphatic heterocycles. The van der Waals surface area contributed by atoms with E-state index in [0.29, 0.717) is 30.5 Å². The van der Waals surface area contributed by atoms with Gasteiger partial charge in [-0.3, -0.25) is 4.79 Å². The molecule has 1 aromatic rings. The molecule has 6 nitrogen and oxygen atoms in total. The van der Waals surface area contributed by atoms with Gasteiger partial charge in [-0.1, -0.05) is 0 Å². The third kappa shape index (κ3) is 4.73. The van der Waals surface area contributed by atoms with Crippen LogP contribution in [0.1, 0.15) is 23.2 Å². The van der Waals surface area contributed by atoms with Gasteiger partial charge in [-0.15, -0.1) is 12.4 Å². The molecule has 27 heavy (non-hydrogen) atoms. The maximum atomic E-state index is 13.0. The van der Waals surface area contributed by atoms with Crippen molar-refractivity contribution in [1.82, 2.24) is 10.2 Å². The third-order valence-corrected chi connectivity index (χ3v) is 5.22. The summed E-state index contributed by atoms with van der Waals surface area (Å²) in [5.41, 5.74) is 0.338. The number of carbonyl (C=O) groups is 1. The van der Waals surface area contributed by atoms with E-state index in [4.69, 9.17) is 9.47 Å². The molecule has 2 atom stereocenters. The Hall–Kier alpha value is -1.80. The molecule has 3 rings (SSSR count). The molecule has 2 aliphatic rings. The number of nitrogens with zero attached hydrogens (tertiary/aromatic N) is 1. The van der Waals surface area contributed by atoms with Gasteiger partial charge in [0.15, 0.2) is 11.5 Å². The number of methoxy groups -OCH3 is 2. The van der Waals surface area contributed by atoms with Crippen molar-refractivity contribution in [3.63, 3.8) is 0 Å². The van der Waals surface area contributed by atoms with Crippen molar-refractivity contribution >= 4 is 18.3 Å². The second-order valence-electron chi connectivity index (χ2n) is 6.64. The summed E-state index contributed by atoms with van der Waals surface area (Å²) in [7, 11) is 2.67. The number of amides is 1. The molecule has 0 unspecified atom stereocenters. The van der Waals surface area contributed by atoms with Gasteiger partial charge in [-0.05, 0) is 49.9 Å². The first-order valence-electron chi connectivity index (χ1n) is 8.74. The summed E-state index contributed by atoms with van der Waals surface area (Å²) in [5.74, 6) is 0.946. The molecular formula is C18H25ClF2N2O4. The minimum atomic E-state index is -3.02. The number of rotatable bonds is 5. The number of likely N-dealkylation sites (tertiary alicyclic amines) is 1. The summed E-state index contributed by atoms with van der Waals surface area (Å²) in [5, 5.41) is 3.41. The van der Waals surface area contributed by atoms with Gasteiger partial charge >= 0.3 is 6.61 Å². The van der Waals surface area contributed by atoms with E-state index < -0.39 is 6.61 Å². The number of benzene rings is 1. The van der Waals surface area contributed by atoms with E-state index in [1.165, 1.54) is 26.4 Å². The number of hydrogen-bond donors (Lipinski definition) is 1. The fourth-order valence-corrected chi connectivity index (χ4v) is 3.81. The van der Waals surface area contributed by atoms with Crippen molar-refractivity contribution < 1.29 is 27.8 Å². The van der Waals surface area contributed by atoms with Crippen molar-refractivity contribution in [2.75, 3.05) is 40.4 Å². The minimum absolute atomic E-state index is 0. The van der Waals surface area contributed by atoms with Gasteiger partial charge < -0.3 is 24.4 Å². The second kappa shape index (κ2) is 9.41. The standard InChI is InChI=1S/C18H24F2N2O4.ClH/c1-24-14-7-13(8-15(25-2)16(14)26-18(19)20)17(23)22-5-3-11-9-21-10-12(11)4-6-22;/h7-8,11-12,18,21H,3-6,9-10H2,1-2H3;1H/t11-,12+;. The van der Waals surface area contributed by atoms with E-state index in [1.54, 1.807) is 0 Å². The molecule has 9 heteroatoms. The monoisotopic (exact) mass is 406 g/mol. The molecule has 0 bridgehead atoms. The smallest absolute Gasteiger partial charge is 0.387 e. The molecule has 152 valence electrons. The molecule has 0 radical (unpaired) electrons. The molecule has 0 aromatic heterocycles. The summed E-state index contributed by atoms with van der Waals surface area (Å²) >= 11 is 0. The molecule has 2 saturated heterocycles. The van der Waals surface area contributed by atoms with E-state index in [9.17, 15) is 13.6 Å². The largest absolute Gasteiger partial charge is 0.493 e. The van der Waals surface area contributed by atoms with Crippen molar-refractivity contribution in [3.05, 3.63) is 17.7 Å². The van der Waals surface area contributed by atoms with Crippen molar-refractivity contribution in [1.29, 1.82) is 0 Å². The van der Waals surface area contributed by atoms with Gasteiger partial charge in [0.05, 0.1) is 14.2 Å². The first-order chi connectivity index (χ1) is 12.5. The average Bonchev–Trinajstić information content (AvgIpc) is 2.99. The van der Waals surface area contributed by atoms with E-state index >= 15 is 0 Å². The summed E-state index contributed by atoms with van der Waals surface area (Å²) in [6.07, 6.45) is 1.93. The molecular weight excluding hydrogens is 382 g/mol. The van der Waals surface area contributed by atoms with Gasteiger partial charge in [0, 0.05) is 18.7 Å². The summed E-state index contributed by atoms with van der Waals surface area (Å²) in [6, 6.07) is 2.85. The SMILES string of the molecule is COc1cc(C(=O)N2CC[C@@H]3CNC[C@@H]3CC2)cc(OC)c1OC(F)F.Cl. The lowest BCUT2D eigenvalue weighted by molar-refractivity contribution is -0.0526. The van der Waals surface area contributed by atoms with Crippen LogP contribution in [0.5, 0.6) is 17.2 Å². The van der Waals surface area contributed by atoms with Crippen LogP contribution in [0, 0.1) is 11.8 Å². The number of ether oxygens (including phenoxy) is 3. The average molecular weight is 407 g/mol. The maximum absolute atomic E-state index is 13.0. The highest BCUT2D eigenvalue weighted by Crippen LogP contribution is 2.40. The van der Waals surface area contributed by atoms with E-state index in [1.807, 2.05) is 4.90 Å². The fourth-order valence-electron chi connectivity index (χ4n) is 3.81. The zero-order chi connectivity index (χ0) is 18.7. The fraction of sp³-hybridized carbons (Fsp3) is 0.611. The second-order valence-corrected chi connectivity index (χ2v) is 6.64. The summed E-state index contributed by atoms with van der Waals surface area (Å²) in [4.78, 5) is 14.8. The van der Waals surface area contributed by atoms with Crippen molar-refractivity contribution in [3.8, 4) is 17.2 Å². The lowest BCUT2D eigenvalue weighted by atomic mass is 9.92. The highest BCUT2D eigenvalue weighted by atomic mass is 35.5. The predicted octanol–water partition coefficient (Wildman–Crippen LogP) is 2.80. The molecule has 0 aliphatic carbocycles. The van der Waals surface area contributed by atoms with Gasteiger partial charge in [0.2, 0.25) is 5.75 Å². The highest BCUT2D eigenvalue weighted by molar-refractivity contribution is 5.95. The first-order valence-corrected chi connectivity index (χ1v) is 8.74. The summed E-state index contributed by atoms with van der Waals surface area (Å²) in [6.45, 7) is 0.364. The number of hydrogen-bond acceptors (Lipinski definition) is 5. The third-order valence-electron chi connectivity index (χ3n) is 5.22. The van der Waals surface area contributed by atoms with Crippen LogP contribution in [-0.2, 0) is 0 Å². The Morgan fingerprint density at radius 1 is 1.11 bits per heavy atom. The Labute approximate surface area is 163 Å². The first kappa shape index (κ1) is 21.5. The van der Waals surface area contributed by atoms with Crippen LogP contribution in [0.15, 0.2) is 12.1 Å². The normalized spacial score (nSPS) is 21.9. The van der Waals surface area contributed by atoms with E-state index in [-0.39, 0.29) is 35.6 Å². The lowest BCUT2D eigenvalue weighted by Crippen LogP contribution is -2.32. The van der Waals surface area contributed by atoms with Crippen LogP contribution in [0.4, 0.5) is 8.78 Å². The Morgan fingerprint density at radius 2 is 1.63 bits per heavy atom. The molecule has 1 N–H and O–H groups in total. The Morgan fingerprint density at radius 3 is 2.07 bits per heavy atom. The van der Waals surface area contributed by atoms with Crippen molar-refractivity contribution in [2.24, 2.45) is 11.8 Å². The number of alkyl halides is 2. The van der Waals surface area contributed by atoms with Crippen LogP contribution >= 0.6 is 12.4 Å². The molecule has 2 heterocycles. The molecule has 0 spiro atoms. The maximum Gasteiger partial charge on any atom is 0.387 e. The van der Waals surface area contributed by atoms with Crippen LogP contribution in [0.2, 0.25) is 0 Å². The number of halogens is 3. The zero-order valence-corrected chi connectivity index (χ0v) is 16.2. The molecule has 0 saturated carbocycles. The van der Waals surface area contributed by atoms with Crippen LogP contribution in [-0.4, -0.2) is 57.8 Å². The Bertz CT molecular complexity index is 623. The van der Waals surface area contributed by atoms with E-state index in [0.717, 1.165) is 25.9 Å². The molecule has 2 fully saturated rings. The molecule has 1 amide bonds. The number of carbonyl (C=O) groups excluding carboxylic acids is 1. The number of fused-ring (bicyclic) bond motifs is 1. The van der Waals surface area contributed by atoms with Gasteiger partial charge in [-0.25, -0.2) is 0 Å². The van der Waals surface area contributed by atoms with Gasteiger partial charge in [0.25, 0.3) is 5.91 Å². The lowest BCUT2D eigenvalue weighted by Gasteiger charge is -2.22. The Kier molecular flexibility index (Phi) is 7.49. The number of nitrogens with one attached hydrogen (secondary N) is 1. The van der Waals surface area contributed by atoms with E-state index in [2.05, 4.69) is 10.1 Å². The summed E-state index contributed by atoms with van der Waals surface area (Å²) < 4.78 is 40.1. The Balaban J connectivity index is 0.00000261. The van der Waals surface area contributed by atoms with Crippen molar-refractivity contribution in [2.45, 2.75) is 19.5 Å². The van der Waals surface area contributed by atoms with Crippen LogP contribution in [0.25, 0.3) is 0 Å². The van der Waals surface area contributed by atoms with Crippen LogP contribution < -0.4 is 19.5 Å². The van der Waals surface area contributed by atoms with Crippen LogP contribution in [0.3, 0.4) is 0 Å². The highest BCUT2D eigenvalue weighted by Gasteiger charge is 2.32. The van der Waals surface area contributed by atoms with Gasteiger partial charge in [0.1, 0.15) is 0 Å². The molecule has 1 aromatic carbocycles. The van der Waals surface area contributed by atoms with Gasteiger partial charge in [-0.2, -0.15) is 8.78 Å². The minimum Gasteiger partial charge on any atom is -0.493 e. The quantitative estimate of drug-likeness (QED) is 0.814. The topological polar surface area (TPSA) is 60.0 Å². The zero-order valence-electron chi connectivity index (χ0n) is 15.4. The predicted molar refractivity (Wildman–Crippen MR) is 98.4 cm³/mol.